The molecule has 21 heavy (non-hydrogen) atoms. The molecular formula is C16H23FN2O2. The van der Waals surface area contributed by atoms with Crippen LogP contribution in [0.25, 0.3) is 0 Å². The van der Waals surface area contributed by atoms with Crippen LogP contribution in [0.2, 0.25) is 0 Å². The minimum atomic E-state index is -0.718. The summed E-state index contributed by atoms with van der Waals surface area (Å²) in [4.78, 5) is 10.0. The molecule has 0 unspecified atom stereocenters. The molecule has 0 spiro atoms. The second-order valence-electron chi connectivity index (χ2n) is 5.93. The largest absolute Gasteiger partial charge is 0.312 e. The molecular weight excluding hydrogens is 271 g/mol. The summed E-state index contributed by atoms with van der Waals surface area (Å²) in [5.74, 6) is 0.801. The number of hydrogen-bond acceptors (Lipinski definition) is 3. The van der Waals surface area contributed by atoms with E-state index in [-0.39, 0.29) is 0 Å². The molecule has 0 radical (unpaired) electrons. The Kier molecular flexibility index (Phi) is 5.67. The van der Waals surface area contributed by atoms with E-state index < -0.39 is 16.4 Å². The Labute approximate surface area is 124 Å². The van der Waals surface area contributed by atoms with Gasteiger partial charge >= 0.3 is 5.69 Å². The number of hydrogen-bond donors (Lipinski definition) is 1. The van der Waals surface area contributed by atoms with E-state index in [0.717, 1.165) is 12.5 Å². The van der Waals surface area contributed by atoms with E-state index in [0.29, 0.717) is 18.0 Å². The Morgan fingerprint density at radius 3 is 2.57 bits per heavy atom. The fraction of sp³-hybridized carbons (Fsp3) is 0.625. The van der Waals surface area contributed by atoms with Crippen molar-refractivity contribution < 1.29 is 9.31 Å². The highest BCUT2D eigenvalue weighted by Crippen LogP contribution is 2.30. The van der Waals surface area contributed by atoms with Crippen LogP contribution in [0.3, 0.4) is 0 Å². The second-order valence-corrected chi connectivity index (χ2v) is 5.93. The third kappa shape index (κ3) is 4.24. The summed E-state index contributed by atoms with van der Waals surface area (Å²) < 4.78 is 13.9. The molecule has 2 rings (SSSR count). The topological polar surface area (TPSA) is 55.2 Å². The lowest BCUT2D eigenvalue weighted by molar-refractivity contribution is -0.387. The van der Waals surface area contributed by atoms with Crippen LogP contribution in [0.5, 0.6) is 0 Å². The highest BCUT2D eigenvalue weighted by atomic mass is 19.1. The van der Waals surface area contributed by atoms with Crippen molar-refractivity contribution in [2.45, 2.75) is 45.6 Å². The van der Waals surface area contributed by atoms with Crippen molar-refractivity contribution in [2.75, 3.05) is 6.54 Å². The van der Waals surface area contributed by atoms with Crippen molar-refractivity contribution in [3.05, 3.63) is 39.7 Å². The van der Waals surface area contributed by atoms with Crippen LogP contribution in [0.1, 0.15) is 44.6 Å². The zero-order chi connectivity index (χ0) is 15.2. The van der Waals surface area contributed by atoms with Crippen molar-refractivity contribution in [2.24, 2.45) is 11.8 Å². The van der Waals surface area contributed by atoms with Gasteiger partial charge in [0.1, 0.15) is 0 Å². The number of nitrogens with zero attached hydrogens (tertiary/aromatic N) is 1. The van der Waals surface area contributed by atoms with Crippen LogP contribution >= 0.6 is 0 Å². The minimum absolute atomic E-state index is 0.348. The average molecular weight is 294 g/mol. The molecule has 1 saturated carbocycles. The van der Waals surface area contributed by atoms with Crippen LogP contribution in [0, 0.1) is 27.8 Å². The Balaban J connectivity index is 1.82. The zero-order valence-corrected chi connectivity index (χ0v) is 12.5. The van der Waals surface area contributed by atoms with Gasteiger partial charge in [-0.25, -0.2) is 0 Å². The van der Waals surface area contributed by atoms with Gasteiger partial charge in [-0.15, -0.1) is 0 Å². The standard InChI is InChI=1S/C16H23FN2O2/c1-2-12-6-8-13(9-7-12)10-18-11-14-4-3-5-15(16(14)17)19(20)21/h3-5,12-13,18H,2,6-11H2,1H3. The van der Waals surface area contributed by atoms with Gasteiger partial charge in [0, 0.05) is 18.2 Å². The fourth-order valence-corrected chi connectivity index (χ4v) is 3.10. The van der Waals surface area contributed by atoms with Gasteiger partial charge < -0.3 is 5.32 Å². The monoisotopic (exact) mass is 294 g/mol. The molecule has 1 aliphatic rings. The van der Waals surface area contributed by atoms with Gasteiger partial charge in [0.2, 0.25) is 5.82 Å². The minimum Gasteiger partial charge on any atom is -0.312 e. The Bertz CT molecular complexity index is 485. The van der Waals surface area contributed by atoms with E-state index in [1.54, 1.807) is 6.07 Å². The maximum atomic E-state index is 13.9. The molecule has 116 valence electrons. The van der Waals surface area contributed by atoms with Crippen LogP contribution in [0.15, 0.2) is 18.2 Å². The molecule has 0 saturated heterocycles. The van der Waals surface area contributed by atoms with Crippen LogP contribution in [-0.2, 0) is 6.54 Å². The normalized spacial score (nSPS) is 22.2. The smallest absolute Gasteiger partial charge is 0.305 e. The molecule has 0 atom stereocenters. The maximum Gasteiger partial charge on any atom is 0.305 e. The number of rotatable bonds is 6. The number of nitro groups is 1. The van der Waals surface area contributed by atoms with Crippen LogP contribution in [0.4, 0.5) is 10.1 Å². The summed E-state index contributed by atoms with van der Waals surface area (Å²) >= 11 is 0. The molecule has 0 amide bonds. The first-order valence-electron chi connectivity index (χ1n) is 7.74. The summed E-state index contributed by atoms with van der Waals surface area (Å²) in [6.45, 7) is 3.45. The average Bonchev–Trinajstić information content (AvgIpc) is 2.49. The maximum absolute atomic E-state index is 13.9. The lowest BCUT2D eigenvalue weighted by Crippen LogP contribution is -2.26. The molecule has 1 aliphatic carbocycles. The third-order valence-electron chi connectivity index (χ3n) is 4.55. The molecule has 1 fully saturated rings. The van der Waals surface area contributed by atoms with Crippen molar-refractivity contribution in [1.29, 1.82) is 0 Å². The molecule has 0 bridgehead atoms. The number of nitrogens with one attached hydrogen (secondary N) is 1. The molecule has 0 heterocycles. The van der Waals surface area contributed by atoms with E-state index in [9.17, 15) is 14.5 Å². The van der Waals surface area contributed by atoms with Crippen LogP contribution < -0.4 is 5.32 Å². The van der Waals surface area contributed by atoms with E-state index in [1.807, 2.05) is 0 Å². The van der Waals surface area contributed by atoms with Gasteiger partial charge in [-0.3, -0.25) is 10.1 Å². The highest BCUT2D eigenvalue weighted by molar-refractivity contribution is 5.36. The molecule has 4 nitrogen and oxygen atoms in total. The molecule has 5 heteroatoms. The lowest BCUT2D eigenvalue weighted by Gasteiger charge is -2.27. The summed E-state index contributed by atoms with van der Waals surface area (Å²) in [7, 11) is 0. The number of benzene rings is 1. The zero-order valence-electron chi connectivity index (χ0n) is 12.5. The molecule has 1 N–H and O–H groups in total. The van der Waals surface area contributed by atoms with Gasteiger partial charge in [-0.2, -0.15) is 4.39 Å². The number of nitro benzene ring substituents is 1. The summed E-state index contributed by atoms with van der Waals surface area (Å²) in [5, 5.41) is 13.9. The van der Waals surface area contributed by atoms with Crippen molar-refractivity contribution >= 4 is 5.69 Å². The first-order chi connectivity index (χ1) is 10.1. The van der Waals surface area contributed by atoms with Crippen LogP contribution in [-0.4, -0.2) is 11.5 Å². The predicted molar refractivity (Wildman–Crippen MR) is 80.5 cm³/mol. The third-order valence-corrected chi connectivity index (χ3v) is 4.55. The second kappa shape index (κ2) is 7.50. The molecule has 1 aromatic carbocycles. The SMILES string of the molecule is CCC1CCC(CNCc2cccc([N+](=O)[O-])c2F)CC1. The Morgan fingerprint density at radius 1 is 1.29 bits per heavy atom. The fourth-order valence-electron chi connectivity index (χ4n) is 3.10. The Hall–Kier alpha value is -1.49. The van der Waals surface area contributed by atoms with E-state index in [1.165, 1.54) is 44.2 Å². The van der Waals surface area contributed by atoms with Gasteiger partial charge in [-0.05, 0) is 31.2 Å². The van der Waals surface area contributed by atoms with Gasteiger partial charge in [-0.1, -0.05) is 38.3 Å². The van der Waals surface area contributed by atoms with E-state index in [2.05, 4.69) is 12.2 Å². The summed E-state index contributed by atoms with van der Waals surface area (Å²) in [6.07, 6.45) is 6.28. The molecule has 1 aromatic rings. The first kappa shape index (κ1) is 15.9. The number of halogens is 1. The Morgan fingerprint density at radius 2 is 1.95 bits per heavy atom. The van der Waals surface area contributed by atoms with E-state index in [4.69, 9.17) is 0 Å². The van der Waals surface area contributed by atoms with Gasteiger partial charge in [0.25, 0.3) is 0 Å². The first-order valence-corrected chi connectivity index (χ1v) is 7.74. The van der Waals surface area contributed by atoms with Crippen molar-refractivity contribution in [1.82, 2.24) is 5.32 Å². The highest BCUT2D eigenvalue weighted by Gasteiger charge is 2.20. The summed E-state index contributed by atoms with van der Waals surface area (Å²) in [6, 6.07) is 4.33. The molecule has 0 aromatic heterocycles. The van der Waals surface area contributed by atoms with Gasteiger partial charge in [0.05, 0.1) is 4.92 Å². The van der Waals surface area contributed by atoms with E-state index >= 15 is 0 Å². The van der Waals surface area contributed by atoms with Gasteiger partial charge in [0.15, 0.2) is 0 Å². The van der Waals surface area contributed by atoms with Crippen molar-refractivity contribution in [3.63, 3.8) is 0 Å². The summed E-state index contributed by atoms with van der Waals surface area (Å²) in [5.41, 5.74) is -0.0794. The lowest BCUT2D eigenvalue weighted by atomic mass is 9.81. The molecule has 0 aliphatic heterocycles. The predicted octanol–water partition coefficient (Wildman–Crippen LogP) is 4.04. The quantitative estimate of drug-likeness (QED) is 0.636. The van der Waals surface area contributed by atoms with Crippen molar-refractivity contribution in [3.8, 4) is 0 Å².